The fourth-order valence-corrected chi connectivity index (χ4v) is 4.65. The molecule has 0 bridgehead atoms. The van der Waals surface area contributed by atoms with Crippen LogP contribution in [-0.2, 0) is 4.79 Å². The number of carbonyl (C=O) groups is 1. The van der Waals surface area contributed by atoms with E-state index in [1.165, 1.54) is 16.3 Å². The van der Waals surface area contributed by atoms with Crippen LogP contribution < -0.4 is 15.6 Å². The molecule has 0 atom stereocenters. The van der Waals surface area contributed by atoms with Gasteiger partial charge in [0.15, 0.2) is 5.16 Å². The zero-order valence-electron chi connectivity index (χ0n) is 18.7. The second-order valence-corrected chi connectivity index (χ2v) is 8.78. The zero-order valence-corrected chi connectivity index (χ0v) is 19.5. The van der Waals surface area contributed by atoms with Crippen molar-refractivity contribution in [2.75, 3.05) is 18.2 Å². The van der Waals surface area contributed by atoms with Gasteiger partial charge in [-0.1, -0.05) is 42.1 Å². The lowest BCUT2D eigenvalue weighted by Gasteiger charge is -2.13. The first-order chi connectivity index (χ1) is 16.5. The summed E-state index contributed by atoms with van der Waals surface area (Å²) < 4.78 is 6.78. The molecule has 0 aliphatic rings. The third-order valence-electron chi connectivity index (χ3n) is 5.46. The van der Waals surface area contributed by atoms with E-state index >= 15 is 0 Å². The molecule has 2 aromatic heterocycles. The molecule has 0 radical (unpaired) electrons. The van der Waals surface area contributed by atoms with Gasteiger partial charge in [0, 0.05) is 16.6 Å². The number of H-pyrrole nitrogens is 1. The van der Waals surface area contributed by atoms with E-state index in [2.05, 4.69) is 10.3 Å². The Morgan fingerprint density at radius 2 is 1.88 bits per heavy atom. The maximum atomic E-state index is 13.6. The largest absolute Gasteiger partial charge is 0.497 e. The minimum absolute atomic E-state index is 0.102. The molecule has 34 heavy (non-hydrogen) atoms. The molecule has 0 spiro atoms. The lowest BCUT2D eigenvalue weighted by atomic mass is 10.2. The molecule has 2 N–H and O–H groups in total. The van der Waals surface area contributed by atoms with Crippen molar-refractivity contribution in [3.63, 3.8) is 0 Å². The first-order valence-corrected chi connectivity index (χ1v) is 11.7. The summed E-state index contributed by atoms with van der Waals surface area (Å²) in [6.07, 6.45) is 0. The average Bonchev–Trinajstić information content (AvgIpc) is 3.22. The molecule has 0 aliphatic carbocycles. The number of para-hydroxylation sites is 1. The highest BCUT2D eigenvalue weighted by atomic mass is 32.2. The Labute approximate surface area is 199 Å². The van der Waals surface area contributed by atoms with Crippen LogP contribution >= 0.6 is 11.8 Å². The number of carbonyl (C=O) groups excluding carboxylic acids is 1. The Kier molecular flexibility index (Phi) is 5.81. The molecule has 8 heteroatoms. The number of fused-ring (bicyclic) bond motifs is 3. The summed E-state index contributed by atoms with van der Waals surface area (Å²) >= 11 is 1.22. The van der Waals surface area contributed by atoms with Crippen molar-refractivity contribution in [2.45, 2.75) is 12.1 Å². The van der Waals surface area contributed by atoms with Crippen molar-refractivity contribution in [1.82, 2.24) is 14.5 Å². The Balaban J connectivity index is 1.55. The number of hydrogen-bond acceptors (Lipinski definition) is 5. The van der Waals surface area contributed by atoms with Crippen molar-refractivity contribution in [2.24, 2.45) is 0 Å². The number of aromatic nitrogens is 3. The van der Waals surface area contributed by atoms with Crippen LogP contribution in [0.4, 0.5) is 5.69 Å². The lowest BCUT2D eigenvalue weighted by molar-refractivity contribution is -0.113. The number of hydrogen-bond donors (Lipinski definition) is 2. The van der Waals surface area contributed by atoms with Gasteiger partial charge in [-0.05, 0) is 55.0 Å². The number of amides is 1. The smallest absolute Gasteiger partial charge is 0.283 e. The van der Waals surface area contributed by atoms with Crippen LogP contribution in [-0.4, -0.2) is 33.3 Å². The molecule has 2 heterocycles. The molecule has 0 fully saturated rings. The summed E-state index contributed by atoms with van der Waals surface area (Å²) in [4.78, 5) is 34.3. The van der Waals surface area contributed by atoms with E-state index < -0.39 is 0 Å². The third kappa shape index (κ3) is 4.15. The highest BCUT2D eigenvalue weighted by Crippen LogP contribution is 2.27. The second kappa shape index (κ2) is 9.07. The molecule has 170 valence electrons. The van der Waals surface area contributed by atoms with Crippen LogP contribution in [0.1, 0.15) is 5.56 Å². The van der Waals surface area contributed by atoms with Crippen LogP contribution in [0, 0.1) is 6.92 Å². The van der Waals surface area contributed by atoms with Crippen LogP contribution in [0.2, 0.25) is 0 Å². The van der Waals surface area contributed by atoms with Gasteiger partial charge in [0.05, 0.1) is 18.6 Å². The molecule has 0 unspecified atom stereocenters. The van der Waals surface area contributed by atoms with Gasteiger partial charge in [0.25, 0.3) is 5.56 Å². The van der Waals surface area contributed by atoms with Crippen molar-refractivity contribution in [3.8, 4) is 11.4 Å². The van der Waals surface area contributed by atoms with Gasteiger partial charge in [-0.25, -0.2) is 4.98 Å². The monoisotopic (exact) mass is 470 g/mol. The molecule has 3 aromatic carbocycles. The standard InChI is InChI=1S/C26H22N4O3S/c1-16-6-5-7-17(14-16)27-22(31)15-34-26-29-23-20-8-3-4-9-21(20)28-24(23)25(32)30(26)18-10-12-19(33-2)13-11-18/h3-14,28H,15H2,1-2H3,(H,27,31). The van der Waals surface area contributed by atoms with Crippen LogP contribution in [0.15, 0.2) is 82.7 Å². The molecule has 0 aliphatic heterocycles. The predicted molar refractivity (Wildman–Crippen MR) is 136 cm³/mol. The summed E-state index contributed by atoms with van der Waals surface area (Å²) in [7, 11) is 1.59. The number of aromatic amines is 1. The number of methoxy groups -OCH3 is 1. The van der Waals surface area contributed by atoms with Gasteiger partial charge in [-0.15, -0.1) is 0 Å². The van der Waals surface area contributed by atoms with Crippen LogP contribution in [0.3, 0.4) is 0 Å². The van der Waals surface area contributed by atoms with Gasteiger partial charge in [-0.3, -0.25) is 14.2 Å². The number of rotatable bonds is 6. The van der Waals surface area contributed by atoms with Crippen molar-refractivity contribution >= 4 is 45.3 Å². The number of ether oxygens (including phenoxy) is 1. The molecule has 5 aromatic rings. The van der Waals surface area contributed by atoms with Gasteiger partial charge in [0.2, 0.25) is 5.91 Å². The van der Waals surface area contributed by atoms with E-state index in [1.54, 1.807) is 31.4 Å². The topological polar surface area (TPSA) is 89.0 Å². The van der Waals surface area contributed by atoms with Crippen molar-refractivity contribution < 1.29 is 9.53 Å². The fraction of sp³-hybridized carbons (Fsp3) is 0.115. The highest BCUT2D eigenvalue weighted by molar-refractivity contribution is 7.99. The van der Waals surface area contributed by atoms with Crippen molar-refractivity contribution in [3.05, 3.63) is 88.7 Å². The molecule has 1 amide bonds. The Bertz CT molecular complexity index is 1570. The Morgan fingerprint density at radius 1 is 1.09 bits per heavy atom. The molecule has 0 saturated heterocycles. The quantitative estimate of drug-likeness (QED) is 0.272. The summed E-state index contributed by atoms with van der Waals surface area (Å²) in [5.41, 5.74) is 4.05. The number of nitrogens with zero attached hydrogens (tertiary/aromatic N) is 2. The molecule has 0 saturated carbocycles. The number of thioether (sulfide) groups is 1. The van der Waals surface area contributed by atoms with E-state index in [4.69, 9.17) is 9.72 Å². The highest BCUT2D eigenvalue weighted by Gasteiger charge is 2.18. The van der Waals surface area contributed by atoms with Crippen LogP contribution in [0.5, 0.6) is 5.75 Å². The summed E-state index contributed by atoms with van der Waals surface area (Å²) in [5.74, 6) is 0.609. The Morgan fingerprint density at radius 3 is 2.65 bits per heavy atom. The number of aryl methyl sites for hydroxylation is 1. The average molecular weight is 471 g/mol. The van der Waals surface area contributed by atoms with Crippen molar-refractivity contribution in [1.29, 1.82) is 0 Å². The third-order valence-corrected chi connectivity index (χ3v) is 6.40. The molecular weight excluding hydrogens is 448 g/mol. The van der Waals surface area contributed by atoms with E-state index in [-0.39, 0.29) is 17.2 Å². The van der Waals surface area contributed by atoms with Gasteiger partial charge in [-0.2, -0.15) is 0 Å². The molecule has 5 rings (SSSR count). The lowest BCUT2D eigenvalue weighted by Crippen LogP contribution is -2.23. The van der Waals surface area contributed by atoms with E-state index in [1.807, 2.05) is 55.5 Å². The van der Waals surface area contributed by atoms with E-state index in [0.717, 1.165) is 22.2 Å². The second-order valence-electron chi connectivity index (χ2n) is 7.83. The van der Waals surface area contributed by atoms with Crippen LogP contribution in [0.25, 0.3) is 27.6 Å². The van der Waals surface area contributed by atoms with Gasteiger partial charge < -0.3 is 15.0 Å². The normalized spacial score (nSPS) is 11.1. The minimum atomic E-state index is -0.229. The number of nitrogens with one attached hydrogen (secondary N) is 2. The minimum Gasteiger partial charge on any atom is -0.497 e. The first-order valence-electron chi connectivity index (χ1n) is 10.7. The van der Waals surface area contributed by atoms with Gasteiger partial charge in [0.1, 0.15) is 16.8 Å². The summed E-state index contributed by atoms with van der Waals surface area (Å²) in [6, 6.07) is 22.5. The zero-order chi connectivity index (χ0) is 23.7. The molecular formula is C26H22N4O3S. The van der Waals surface area contributed by atoms with Gasteiger partial charge >= 0.3 is 0 Å². The fourth-order valence-electron chi connectivity index (χ4n) is 3.85. The maximum Gasteiger partial charge on any atom is 0.283 e. The summed E-state index contributed by atoms with van der Waals surface area (Å²) in [5, 5.41) is 4.21. The first kappa shape index (κ1) is 21.8. The SMILES string of the molecule is COc1ccc(-n2c(SCC(=O)Nc3cccc(C)c3)nc3c([nH]c4ccccc43)c2=O)cc1. The number of anilines is 1. The predicted octanol–water partition coefficient (Wildman–Crippen LogP) is 4.91. The Hall–Kier alpha value is -4.04. The van der Waals surface area contributed by atoms with E-state index in [9.17, 15) is 9.59 Å². The van der Waals surface area contributed by atoms with E-state index in [0.29, 0.717) is 27.6 Å². The molecule has 7 nitrogen and oxygen atoms in total. The maximum absolute atomic E-state index is 13.6. The number of benzene rings is 3. The summed E-state index contributed by atoms with van der Waals surface area (Å²) in [6.45, 7) is 1.97.